The Morgan fingerprint density at radius 1 is 1.05 bits per heavy atom. The van der Waals surface area contributed by atoms with E-state index < -0.39 is 0 Å². The standard InChI is InChI=1S/C14H19N5O/c1-4-15-12-17-13(19-14(18-12)20-5-2)16-11-9-7-6-8-10(11)3/h6-9H,4-5H2,1-3H3,(H2,15,16,17,18,19). The normalized spacial score (nSPS) is 10.2. The topological polar surface area (TPSA) is 72.0 Å². The number of aryl methyl sites for hydroxylation is 1. The van der Waals surface area contributed by atoms with Crippen LogP contribution in [-0.4, -0.2) is 28.1 Å². The molecule has 0 fully saturated rings. The average Bonchev–Trinajstić information content (AvgIpc) is 2.42. The SMILES string of the molecule is CCNc1nc(Nc2ccccc2C)nc(OCC)n1. The largest absolute Gasteiger partial charge is 0.464 e. The Balaban J connectivity index is 2.28. The Bertz CT molecular complexity index is 549. The maximum atomic E-state index is 5.36. The fraction of sp³-hybridized carbons (Fsp3) is 0.357. The highest BCUT2D eigenvalue weighted by Gasteiger charge is 2.07. The summed E-state index contributed by atoms with van der Waals surface area (Å²) >= 11 is 0. The first-order valence-electron chi connectivity index (χ1n) is 6.68. The fourth-order valence-electron chi connectivity index (χ4n) is 1.68. The monoisotopic (exact) mass is 273 g/mol. The summed E-state index contributed by atoms with van der Waals surface area (Å²) in [7, 11) is 0. The van der Waals surface area contributed by atoms with Gasteiger partial charge in [0.15, 0.2) is 0 Å². The smallest absolute Gasteiger partial charge is 0.323 e. The highest BCUT2D eigenvalue weighted by atomic mass is 16.5. The first kappa shape index (κ1) is 14.0. The summed E-state index contributed by atoms with van der Waals surface area (Å²) < 4.78 is 5.36. The van der Waals surface area contributed by atoms with E-state index in [1.165, 1.54) is 0 Å². The van der Waals surface area contributed by atoms with Crippen molar-refractivity contribution in [1.82, 2.24) is 15.0 Å². The van der Waals surface area contributed by atoms with E-state index >= 15 is 0 Å². The van der Waals surface area contributed by atoms with Crippen molar-refractivity contribution < 1.29 is 4.74 Å². The molecule has 1 aromatic heterocycles. The van der Waals surface area contributed by atoms with Gasteiger partial charge in [0.25, 0.3) is 0 Å². The van der Waals surface area contributed by atoms with Crippen LogP contribution in [0.25, 0.3) is 0 Å². The molecule has 0 spiro atoms. The van der Waals surface area contributed by atoms with Gasteiger partial charge in [-0.25, -0.2) is 0 Å². The second-order valence-corrected chi connectivity index (χ2v) is 4.17. The Kier molecular flexibility index (Phi) is 4.70. The highest BCUT2D eigenvalue weighted by Crippen LogP contribution is 2.19. The van der Waals surface area contributed by atoms with Gasteiger partial charge in [0.2, 0.25) is 11.9 Å². The molecule has 106 valence electrons. The van der Waals surface area contributed by atoms with Crippen molar-refractivity contribution in [3.8, 4) is 6.01 Å². The van der Waals surface area contributed by atoms with Gasteiger partial charge >= 0.3 is 6.01 Å². The summed E-state index contributed by atoms with van der Waals surface area (Å²) in [5.41, 5.74) is 2.08. The van der Waals surface area contributed by atoms with Crippen LogP contribution in [0.5, 0.6) is 6.01 Å². The third kappa shape index (κ3) is 3.57. The number of hydrogen-bond acceptors (Lipinski definition) is 6. The second kappa shape index (κ2) is 6.70. The highest BCUT2D eigenvalue weighted by molar-refractivity contribution is 5.58. The minimum atomic E-state index is 0.314. The van der Waals surface area contributed by atoms with Gasteiger partial charge in [-0.3, -0.25) is 0 Å². The number of para-hydroxylation sites is 1. The van der Waals surface area contributed by atoms with E-state index in [-0.39, 0.29) is 0 Å². The van der Waals surface area contributed by atoms with E-state index in [1.54, 1.807) is 0 Å². The molecule has 6 heteroatoms. The van der Waals surface area contributed by atoms with Gasteiger partial charge in [-0.05, 0) is 32.4 Å². The van der Waals surface area contributed by atoms with Crippen LogP contribution in [0.15, 0.2) is 24.3 Å². The van der Waals surface area contributed by atoms with Crippen LogP contribution in [0.1, 0.15) is 19.4 Å². The molecule has 0 saturated heterocycles. The summed E-state index contributed by atoms with van der Waals surface area (Å²) in [5.74, 6) is 0.968. The zero-order valence-corrected chi connectivity index (χ0v) is 12.0. The minimum absolute atomic E-state index is 0.314. The first-order chi connectivity index (χ1) is 9.72. The van der Waals surface area contributed by atoms with Crippen molar-refractivity contribution in [1.29, 1.82) is 0 Å². The summed E-state index contributed by atoms with van der Waals surface area (Å²) in [5, 5.41) is 6.25. The van der Waals surface area contributed by atoms with Crippen molar-refractivity contribution in [2.24, 2.45) is 0 Å². The van der Waals surface area contributed by atoms with Gasteiger partial charge in [-0.15, -0.1) is 0 Å². The molecule has 2 rings (SSSR count). The molecular weight excluding hydrogens is 254 g/mol. The first-order valence-corrected chi connectivity index (χ1v) is 6.68. The molecule has 0 bridgehead atoms. The predicted molar refractivity (Wildman–Crippen MR) is 79.6 cm³/mol. The number of hydrogen-bond donors (Lipinski definition) is 2. The van der Waals surface area contributed by atoms with Gasteiger partial charge in [-0.1, -0.05) is 18.2 Å². The van der Waals surface area contributed by atoms with E-state index in [1.807, 2.05) is 45.0 Å². The van der Waals surface area contributed by atoms with Crippen LogP contribution in [0, 0.1) is 6.92 Å². The van der Waals surface area contributed by atoms with Crippen LogP contribution in [0.4, 0.5) is 17.6 Å². The zero-order chi connectivity index (χ0) is 14.4. The second-order valence-electron chi connectivity index (χ2n) is 4.17. The van der Waals surface area contributed by atoms with Crippen LogP contribution >= 0.6 is 0 Å². The summed E-state index contributed by atoms with van der Waals surface area (Å²) in [4.78, 5) is 12.7. The maximum Gasteiger partial charge on any atom is 0.323 e. The molecule has 2 aromatic rings. The van der Waals surface area contributed by atoms with Gasteiger partial charge in [0.1, 0.15) is 0 Å². The van der Waals surface area contributed by atoms with Gasteiger partial charge in [-0.2, -0.15) is 15.0 Å². The number of benzene rings is 1. The van der Waals surface area contributed by atoms with Crippen LogP contribution < -0.4 is 15.4 Å². The number of nitrogens with one attached hydrogen (secondary N) is 2. The zero-order valence-electron chi connectivity index (χ0n) is 12.0. The van der Waals surface area contributed by atoms with Gasteiger partial charge in [0, 0.05) is 12.2 Å². The molecule has 0 radical (unpaired) electrons. The average molecular weight is 273 g/mol. The molecule has 1 aromatic carbocycles. The van der Waals surface area contributed by atoms with E-state index in [0.29, 0.717) is 24.5 Å². The van der Waals surface area contributed by atoms with Crippen molar-refractivity contribution in [3.63, 3.8) is 0 Å². The van der Waals surface area contributed by atoms with Crippen LogP contribution in [0.2, 0.25) is 0 Å². The Hall–Kier alpha value is -2.37. The number of anilines is 3. The lowest BCUT2D eigenvalue weighted by Crippen LogP contribution is -2.09. The molecule has 1 heterocycles. The number of rotatable bonds is 6. The molecule has 20 heavy (non-hydrogen) atoms. The molecule has 0 aliphatic carbocycles. The molecule has 6 nitrogen and oxygen atoms in total. The molecular formula is C14H19N5O. The van der Waals surface area contributed by atoms with Gasteiger partial charge < -0.3 is 15.4 Å². The van der Waals surface area contributed by atoms with Crippen molar-refractivity contribution in [3.05, 3.63) is 29.8 Å². The quantitative estimate of drug-likeness (QED) is 0.843. The third-order valence-corrected chi connectivity index (χ3v) is 2.61. The van der Waals surface area contributed by atoms with Crippen LogP contribution in [0.3, 0.4) is 0 Å². The molecule has 0 saturated carbocycles. The van der Waals surface area contributed by atoms with Crippen molar-refractivity contribution in [2.45, 2.75) is 20.8 Å². The predicted octanol–water partition coefficient (Wildman–Crippen LogP) is 2.75. The van der Waals surface area contributed by atoms with E-state index in [0.717, 1.165) is 17.8 Å². The molecule has 0 unspecified atom stereocenters. The Morgan fingerprint density at radius 2 is 1.80 bits per heavy atom. The lowest BCUT2D eigenvalue weighted by molar-refractivity contribution is 0.312. The third-order valence-electron chi connectivity index (χ3n) is 2.61. The summed E-state index contributed by atoms with van der Waals surface area (Å²) in [6.07, 6.45) is 0. The van der Waals surface area contributed by atoms with Crippen molar-refractivity contribution >= 4 is 17.6 Å². The number of nitrogens with zero attached hydrogens (tertiary/aromatic N) is 3. The van der Waals surface area contributed by atoms with Crippen molar-refractivity contribution in [2.75, 3.05) is 23.8 Å². The number of aromatic nitrogens is 3. The van der Waals surface area contributed by atoms with Crippen LogP contribution in [-0.2, 0) is 0 Å². The molecule has 0 amide bonds. The molecule has 2 N–H and O–H groups in total. The molecule has 0 aliphatic heterocycles. The maximum absolute atomic E-state index is 5.36. The lowest BCUT2D eigenvalue weighted by atomic mass is 10.2. The van der Waals surface area contributed by atoms with E-state index in [4.69, 9.17) is 4.74 Å². The number of ether oxygens (including phenoxy) is 1. The summed E-state index contributed by atoms with van der Waals surface area (Å²) in [6.45, 7) is 7.15. The fourth-order valence-corrected chi connectivity index (χ4v) is 1.68. The Morgan fingerprint density at radius 3 is 2.50 bits per heavy atom. The van der Waals surface area contributed by atoms with E-state index in [2.05, 4.69) is 25.6 Å². The lowest BCUT2D eigenvalue weighted by Gasteiger charge is -2.10. The summed E-state index contributed by atoms with van der Waals surface area (Å²) in [6, 6.07) is 8.27. The molecule has 0 atom stereocenters. The van der Waals surface area contributed by atoms with E-state index in [9.17, 15) is 0 Å². The Labute approximate surface area is 118 Å². The minimum Gasteiger partial charge on any atom is -0.464 e. The molecule has 0 aliphatic rings. The van der Waals surface area contributed by atoms with Gasteiger partial charge in [0.05, 0.1) is 6.61 Å².